The number of H-pyrrole nitrogens is 1. The topological polar surface area (TPSA) is 83.6 Å². The van der Waals surface area contributed by atoms with Gasteiger partial charge < -0.3 is 5.32 Å². The van der Waals surface area contributed by atoms with Crippen LogP contribution in [0.3, 0.4) is 0 Å². The molecule has 1 fully saturated rings. The zero-order valence-electron chi connectivity index (χ0n) is 15.3. The van der Waals surface area contributed by atoms with Crippen LogP contribution in [0.25, 0.3) is 0 Å². The lowest BCUT2D eigenvalue weighted by atomic mass is 10.1. The van der Waals surface area contributed by atoms with E-state index in [2.05, 4.69) is 25.5 Å². The second-order valence-electron chi connectivity index (χ2n) is 6.90. The van der Waals surface area contributed by atoms with Gasteiger partial charge in [-0.05, 0) is 56.1 Å². The van der Waals surface area contributed by atoms with Crippen molar-refractivity contribution in [3.63, 3.8) is 0 Å². The van der Waals surface area contributed by atoms with Gasteiger partial charge in [-0.1, -0.05) is 12.1 Å². The predicted molar refractivity (Wildman–Crippen MR) is 105 cm³/mol. The van der Waals surface area contributed by atoms with Crippen molar-refractivity contribution in [2.45, 2.75) is 43.2 Å². The molecule has 4 rings (SSSR count). The number of anilines is 2. The fourth-order valence-electron chi connectivity index (χ4n) is 2.80. The van der Waals surface area contributed by atoms with Gasteiger partial charge in [-0.3, -0.25) is 9.89 Å². The van der Waals surface area contributed by atoms with Gasteiger partial charge in [0.1, 0.15) is 11.6 Å². The van der Waals surface area contributed by atoms with Crippen LogP contribution in [0.4, 0.5) is 11.6 Å². The molecule has 0 unspecified atom stereocenters. The fraction of sp³-hybridized carbons (Fsp3) is 0.300. The zero-order chi connectivity index (χ0) is 18.8. The summed E-state index contributed by atoms with van der Waals surface area (Å²) >= 11 is 1.50. The number of nitrogens with zero attached hydrogens (tertiary/aromatic N) is 3. The highest BCUT2D eigenvalue weighted by atomic mass is 32.2. The summed E-state index contributed by atoms with van der Waals surface area (Å²) in [4.78, 5) is 22.1. The average molecular weight is 379 g/mol. The van der Waals surface area contributed by atoms with Crippen LogP contribution in [0.1, 0.15) is 29.8 Å². The maximum absolute atomic E-state index is 11.9. The van der Waals surface area contributed by atoms with Gasteiger partial charge in [0.05, 0.1) is 0 Å². The molecule has 138 valence electrons. The Morgan fingerprint density at radius 3 is 2.59 bits per heavy atom. The smallest absolute Gasteiger partial charge is 0.194 e. The molecular formula is C20H21N5OS. The molecule has 0 amide bonds. The molecule has 1 aromatic carbocycles. The first-order valence-electron chi connectivity index (χ1n) is 8.99. The lowest BCUT2D eigenvalue weighted by molar-refractivity contribution is -0.119. The number of rotatable bonds is 7. The van der Waals surface area contributed by atoms with Crippen LogP contribution in [0.5, 0.6) is 0 Å². The SMILES string of the molecule is Cc1cc(Nc2cc(C)[nH]n2)nc(Sc2ccc(CC(=O)C3CC3)cc2)n1. The highest BCUT2D eigenvalue weighted by molar-refractivity contribution is 7.99. The van der Waals surface area contributed by atoms with Crippen LogP contribution < -0.4 is 5.32 Å². The van der Waals surface area contributed by atoms with E-state index in [-0.39, 0.29) is 0 Å². The lowest BCUT2D eigenvalue weighted by Gasteiger charge is -2.07. The third-order valence-electron chi connectivity index (χ3n) is 4.34. The van der Waals surface area contributed by atoms with E-state index in [4.69, 9.17) is 0 Å². The average Bonchev–Trinajstić information content (AvgIpc) is 3.40. The number of carbonyl (C=O) groups is 1. The Bertz CT molecular complexity index is 963. The quantitative estimate of drug-likeness (QED) is 0.598. The van der Waals surface area contributed by atoms with E-state index in [0.29, 0.717) is 29.1 Å². The molecule has 0 spiro atoms. The van der Waals surface area contributed by atoms with Gasteiger partial charge in [0.25, 0.3) is 0 Å². The minimum atomic E-state index is 0.309. The van der Waals surface area contributed by atoms with Gasteiger partial charge in [0.2, 0.25) is 0 Å². The highest BCUT2D eigenvalue weighted by Gasteiger charge is 2.28. The maximum atomic E-state index is 11.9. The van der Waals surface area contributed by atoms with Gasteiger partial charge >= 0.3 is 0 Å². The van der Waals surface area contributed by atoms with Gasteiger partial charge in [-0.2, -0.15) is 5.10 Å². The molecule has 6 nitrogen and oxygen atoms in total. The lowest BCUT2D eigenvalue weighted by Crippen LogP contribution is -2.04. The standard InChI is InChI=1S/C20H21N5OS/c1-12-9-18(22-19-10-13(2)24-25-19)23-20(21-12)27-16-7-3-14(4-8-16)11-17(26)15-5-6-15/h3-4,7-10,15H,5-6,11H2,1-2H3,(H2,21,22,23,24,25). The Balaban J connectivity index is 1.44. The van der Waals surface area contributed by atoms with E-state index in [1.165, 1.54) is 11.8 Å². The maximum Gasteiger partial charge on any atom is 0.194 e. The summed E-state index contributed by atoms with van der Waals surface area (Å²) in [6.45, 7) is 3.89. The van der Waals surface area contributed by atoms with Crippen LogP contribution in [0, 0.1) is 19.8 Å². The van der Waals surface area contributed by atoms with Crippen molar-refractivity contribution in [2.24, 2.45) is 5.92 Å². The number of aryl methyl sites for hydroxylation is 2. The minimum Gasteiger partial charge on any atom is -0.323 e. The van der Waals surface area contributed by atoms with Crippen molar-refractivity contribution < 1.29 is 4.79 Å². The van der Waals surface area contributed by atoms with Crippen LogP contribution >= 0.6 is 11.8 Å². The number of benzene rings is 1. The minimum absolute atomic E-state index is 0.309. The summed E-state index contributed by atoms with van der Waals surface area (Å²) in [7, 11) is 0. The molecule has 2 N–H and O–H groups in total. The number of aromatic nitrogens is 4. The second kappa shape index (κ2) is 7.52. The van der Waals surface area contributed by atoms with Crippen LogP contribution in [0.15, 0.2) is 46.5 Å². The number of hydrogen-bond donors (Lipinski definition) is 2. The van der Waals surface area contributed by atoms with Crippen LogP contribution in [-0.4, -0.2) is 25.9 Å². The first-order chi connectivity index (χ1) is 13.0. The Hall–Kier alpha value is -2.67. The summed E-state index contributed by atoms with van der Waals surface area (Å²) in [6.07, 6.45) is 2.66. The molecule has 7 heteroatoms. The number of aromatic amines is 1. The highest BCUT2D eigenvalue weighted by Crippen LogP contribution is 2.31. The van der Waals surface area contributed by atoms with Crippen LogP contribution in [0.2, 0.25) is 0 Å². The predicted octanol–water partition coefficient (Wildman–Crippen LogP) is 4.23. The van der Waals surface area contributed by atoms with Gasteiger partial charge in [-0.15, -0.1) is 0 Å². The number of hydrogen-bond acceptors (Lipinski definition) is 6. The zero-order valence-corrected chi connectivity index (χ0v) is 16.1. The third-order valence-corrected chi connectivity index (χ3v) is 5.21. The largest absolute Gasteiger partial charge is 0.323 e. The van der Waals surface area contributed by atoms with Gasteiger partial charge in [-0.25, -0.2) is 9.97 Å². The van der Waals surface area contributed by atoms with Gasteiger partial charge in [0, 0.05) is 40.8 Å². The monoisotopic (exact) mass is 379 g/mol. The first-order valence-corrected chi connectivity index (χ1v) is 9.81. The molecular weight excluding hydrogens is 358 g/mol. The molecule has 0 saturated heterocycles. The number of ketones is 1. The summed E-state index contributed by atoms with van der Waals surface area (Å²) in [5.41, 5.74) is 2.93. The van der Waals surface area contributed by atoms with E-state index >= 15 is 0 Å². The van der Waals surface area contributed by atoms with Gasteiger partial charge in [0.15, 0.2) is 11.0 Å². The Morgan fingerprint density at radius 1 is 1.15 bits per heavy atom. The Kier molecular flexibility index (Phi) is 4.94. The number of nitrogens with one attached hydrogen (secondary N) is 2. The molecule has 2 aromatic heterocycles. The van der Waals surface area contributed by atoms with Crippen LogP contribution in [-0.2, 0) is 11.2 Å². The van der Waals surface area contributed by atoms with Crippen molar-refractivity contribution in [3.8, 4) is 0 Å². The molecule has 2 heterocycles. The molecule has 0 aliphatic heterocycles. The molecule has 3 aromatic rings. The van der Waals surface area contributed by atoms with Crippen molar-refractivity contribution in [2.75, 3.05) is 5.32 Å². The normalized spacial score (nSPS) is 13.6. The van der Waals surface area contributed by atoms with E-state index in [1.807, 2.05) is 50.2 Å². The van der Waals surface area contributed by atoms with E-state index < -0.39 is 0 Å². The molecule has 0 bridgehead atoms. The first kappa shape index (κ1) is 17.7. The summed E-state index contributed by atoms with van der Waals surface area (Å²) in [6, 6.07) is 11.9. The Morgan fingerprint density at radius 2 is 1.93 bits per heavy atom. The van der Waals surface area contributed by atoms with E-state index in [9.17, 15) is 4.79 Å². The van der Waals surface area contributed by atoms with Crippen molar-refractivity contribution in [1.82, 2.24) is 20.2 Å². The fourth-order valence-corrected chi connectivity index (χ4v) is 3.61. The molecule has 1 aliphatic carbocycles. The van der Waals surface area contributed by atoms with Crippen molar-refractivity contribution in [3.05, 3.63) is 53.3 Å². The Labute approximate surface area is 162 Å². The van der Waals surface area contributed by atoms with Crippen molar-refractivity contribution >= 4 is 29.2 Å². The van der Waals surface area contributed by atoms with Crippen molar-refractivity contribution in [1.29, 1.82) is 0 Å². The van der Waals surface area contributed by atoms with E-state index in [0.717, 1.165) is 40.5 Å². The molecule has 0 atom stereocenters. The molecule has 1 saturated carbocycles. The molecule has 1 aliphatic rings. The third kappa shape index (κ3) is 4.74. The number of carbonyl (C=O) groups excluding carboxylic acids is 1. The number of Topliss-reactive ketones (excluding diaryl/α,β-unsaturated/α-hetero) is 1. The summed E-state index contributed by atoms with van der Waals surface area (Å²) < 4.78 is 0. The van der Waals surface area contributed by atoms with E-state index in [1.54, 1.807) is 0 Å². The molecule has 27 heavy (non-hydrogen) atoms. The molecule has 0 radical (unpaired) electrons. The summed E-state index contributed by atoms with van der Waals surface area (Å²) in [5, 5.41) is 10.9. The summed E-state index contributed by atoms with van der Waals surface area (Å²) in [5.74, 6) is 2.11. The second-order valence-corrected chi connectivity index (χ2v) is 7.94.